The van der Waals surface area contributed by atoms with Crippen LogP contribution in [0.25, 0.3) is 0 Å². The first-order valence-electron chi connectivity index (χ1n) is 11.2. The number of aryl methyl sites for hydroxylation is 2. The number of ether oxygens (including phenoxy) is 2. The molecule has 0 aliphatic carbocycles. The number of hydrogen-bond acceptors (Lipinski definition) is 7. The van der Waals surface area contributed by atoms with Crippen LogP contribution < -0.4 is 14.4 Å². The topological polar surface area (TPSA) is 80.7 Å². The first-order valence-corrected chi connectivity index (χ1v) is 11.2. The van der Waals surface area contributed by atoms with Gasteiger partial charge in [-0.1, -0.05) is 6.07 Å². The van der Waals surface area contributed by atoms with Crippen molar-refractivity contribution < 1.29 is 14.3 Å². The van der Waals surface area contributed by atoms with Crippen LogP contribution in [0.4, 0.5) is 5.95 Å². The number of hydrogen-bond donors (Lipinski definition) is 0. The van der Waals surface area contributed by atoms with Gasteiger partial charge in [0.25, 0.3) is 5.91 Å². The molecule has 3 aromatic rings. The van der Waals surface area contributed by atoms with E-state index in [2.05, 4.69) is 19.9 Å². The zero-order valence-electron chi connectivity index (χ0n) is 18.9. The van der Waals surface area contributed by atoms with Gasteiger partial charge in [-0.2, -0.15) is 0 Å². The third-order valence-electron chi connectivity index (χ3n) is 6.11. The molecule has 0 N–H and O–H groups in total. The van der Waals surface area contributed by atoms with E-state index >= 15 is 0 Å². The van der Waals surface area contributed by atoms with Crippen LogP contribution in [0.3, 0.4) is 0 Å². The van der Waals surface area contributed by atoms with Gasteiger partial charge in [0.05, 0.1) is 0 Å². The molecule has 0 bridgehead atoms. The summed E-state index contributed by atoms with van der Waals surface area (Å²) in [7, 11) is 0. The number of carbonyl (C=O) groups is 1. The fraction of sp³-hybridized carbons (Fsp3) is 0.360. The van der Waals surface area contributed by atoms with Gasteiger partial charge in [-0.15, -0.1) is 0 Å². The van der Waals surface area contributed by atoms with Gasteiger partial charge in [-0.3, -0.25) is 9.78 Å². The van der Waals surface area contributed by atoms with E-state index in [9.17, 15) is 4.79 Å². The highest BCUT2D eigenvalue weighted by molar-refractivity contribution is 5.95. The van der Waals surface area contributed by atoms with E-state index in [4.69, 9.17) is 9.47 Å². The second-order valence-electron chi connectivity index (χ2n) is 8.53. The van der Waals surface area contributed by atoms with Gasteiger partial charge in [-0.05, 0) is 62.6 Å². The van der Waals surface area contributed by atoms with Crippen molar-refractivity contribution in [1.82, 2.24) is 19.9 Å². The highest BCUT2D eigenvalue weighted by Gasteiger charge is 2.30. The average Bonchev–Trinajstić information content (AvgIpc) is 3.30. The quantitative estimate of drug-likeness (QED) is 0.594. The lowest BCUT2D eigenvalue weighted by molar-refractivity contribution is 0.0630. The maximum Gasteiger partial charge on any atom is 0.254 e. The Bertz CT molecular complexity index is 1130. The van der Waals surface area contributed by atoms with Crippen molar-refractivity contribution in [2.45, 2.75) is 39.3 Å². The molecule has 170 valence electrons. The van der Waals surface area contributed by atoms with Crippen LogP contribution in [-0.4, -0.2) is 51.7 Å². The second-order valence-corrected chi connectivity index (χ2v) is 8.53. The summed E-state index contributed by atoms with van der Waals surface area (Å²) in [5.41, 5.74) is 3.54. The number of amides is 1. The number of nitrogens with zero attached hydrogens (tertiary/aromatic N) is 5. The van der Waals surface area contributed by atoms with Crippen molar-refractivity contribution in [3.05, 3.63) is 71.3 Å². The first-order chi connectivity index (χ1) is 16.1. The third-order valence-corrected chi connectivity index (χ3v) is 6.11. The van der Waals surface area contributed by atoms with Crippen molar-refractivity contribution in [3.8, 4) is 11.5 Å². The molecule has 0 unspecified atom stereocenters. The lowest BCUT2D eigenvalue weighted by Crippen LogP contribution is -2.47. The number of rotatable bonds is 5. The SMILES string of the molecule is Cc1cc(C)nc(N2CCC(N(Cc3cccnc3)C(=O)c3ccc4c(c3)OCO4)CC2)n1. The summed E-state index contributed by atoms with van der Waals surface area (Å²) in [6.07, 6.45) is 5.24. The number of fused-ring (bicyclic) bond motifs is 1. The van der Waals surface area contributed by atoms with Crippen LogP contribution in [0.5, 0.6) is 11.5 Å². The molecule has 2 aliphatic rings. The number of pyridine rings is 1. The van der Waals surface area contributed by atoms with Crippen molar-refractivity contribution in [2.24, 2.45) is 0 Å². The molecule has 1 fully saturated rings. The summed E-state index contributed by atoms with van der Waals surface area (Å²) in [4.78, 5) is 31.3. The van der Waals surface area contributed by atoms with Crippen LogP contribution in [-0.2, 0) is 6.54 Å². The number of piperidine rings is 1. The number of aromatic nitrogens is 3. The minimum absolute atomic E-state index is 0.0155. The largest absolute Gasteiger partial charge is 0.454 e. The molecule has 1 saturated heterocycles. The van der Waals surface area contributed by atoms with E-state index in [0.717, 1.165) is 48.8 Å². The fourth-order valence-electron chi connectivity index (χ4n) is 4.48. The minimum Gasteiger partial charge on any atom is -0.454 e. The summed E-state index contributed by atoms with van der Waals surface area (Å²) in [5, 5.41) is 0. The van der Waals surface area contributed by atoms with E-state index in [1.807, 2.05) is 49.2 Å². The van der Waals surface area contributed by atoms with Gasteiger partial charge in [0.15, 0.2) is 11.5 Å². The number of carbonyl (C=O) groups excluding carboxylic acids is 1. The van der Waals surface area contributed by atoms with E-state index in [1.165, 1.54) is 0 Å². The standard InChI is InChI=1S/C25H27N5O3/c1-17-12-18(2)28-25(27-17)29-10-7-21(8-11-29)30(15-19-4-3-9-26-14-19)24(31)20-5-6-22-23(13-20)33-16-32-22/h3-6,9,12-14,21H,7-8,10-11,15-16H2,1-2H3. The second kappa shape index (κ2) is 9.05. The van der Waals surface area contributed by atoms with Crippen molar-refractivity contribution in [1.29, 1.82) is 0 Å². The Kier molecular flexibility index (Phi) is 5.81. The molecule has 2 aromatic heterocycles. The highest BCUT2D eigenvalue weighted by atomic mass is 16.7. The summed E-state index contributed by atoms with van der Waals surface area (Å²) >= 11 is 0. The Labute approximate surface area is 193 Å². The molecule has 1 aromatic carbocycles. The van der Waals surface area contributed by atoms with Crippen LogP contribution in [0.15, 0.2) is 48.8 Å². The maximum atomic E-state index is 13.7. The average molecular weight is 446 g/mol. The maximum absolute atomic E-state index is 13.7. The smallest absolute Gasteiger partial charge is 0.254 e. The van der Waals surface area contributed by atoms with Gasteiger partial charge < -0.3 is 19.3 Å². The molecule has 0 radical (unpaired) electrons. The van der Waals surface area contributed by atoms with Gasteiger partial charge in [-0.25, -0.2) is 9.97 Å². The summed E-state index contributed by atoms with van der Waals surface area (Å²) in [5.74, 6) is 2.04. The zero-order chi connectivity index (χ0) is 22.8. The van der Waals surface area contributed by atoms with Crippen LogP contribution in [0, 0.1) is 13.8 Å². The molecule has 5 rings (SSSR count). The Morgan fingerprint density at radius 2 is 1.82 bits per heavy atom. The minimum atomic E-state index is -0.0155. The highest BCUT2D eigenvalue weighted by Crippen LogP contribution is 2.33. The van der Waals surface area contributed by atoms with Gasteiger partial charge in [0, 0.05) is 55.0 Å². The molecule has 4 heterocycles. The lowest BCUT2D eigenvalue weighted by atomic mass is 10.0. The molecule has 8 heteroatoms. The van der Waals surface area contributed by atoms with E-state index < -0.39 is 0 Å². The lowest BCUT2D eigenvalue weighted by Gasteiger charge is -2.38. The van der Waals surface area contributed by atoms with Crippen molar-refractivity contribution >= 4 is 11.9 Å². The van der Waals surface area contributed by atoms with Crippen LogP contribution in [0.2, 0.25) is 0 Å². The number of anilines is 1. The molecule has 0 atom stereocenters. The fourth-order valence-corrected chi connectivity index (χ4v) is 4.48. The number of benzene rings is 1. The predicted molar refractivity (Wildman–Crippen MR) is 123 cm³/mol. The van der Waals surface area contributed by atoms with E-state index in [0.29, 0.717) is 23.6 Å². The molecule has 0 spiro atoms. The zero-order valence-corrected chi connectivity index (χ0v) is 18.9. The van der Waals surface area contributed by atoms with E-state index in [1.54, 1.807) is 18.3 Å². The van der Waals surface area contributed by atoms with Crippen LogP contribution >= 0.6 is 0 Å². The van der Waals surface area contributed by atoms with Crippen LogP contribution in [0.1, 0.15) is 40.2 Å². The Morgan fingerprint density at radius 3 is 2.55 bits per heavy atom. The van der Waals surface area contributed by atoms with Crippen molar-refractivity contribution in [2.75, 3.05) is 24.8 Å². The van der Waals surface area contributed by atoms with E-state index in [-0.39, 0.29) is 18.7 Å². The third kappa shape index (κ3) is 4.60. The first kappa shape index (κ1) is 21.2. The monoisotopic (exact) mass is 445 g/mol. The molecule has 1 amide bonds. The Morgan fingerprint density at radius 1 is 1.06 bits per heavy atom. The summed E-state index contributed by atoms with van der Waals surface area (Å²) < 4.78 is 10.9. The molecule has 33 heavy (non-hydrogen) atoms. The Balaban J connectivity index is 1.36. The molecule has 2 aliphatic heterocycles. The molecule has 0 saturated carbocycles. The molecule has 8 nitrogen and oxygen atoms in total. The summed E-state index contributed by atoms with van der Waals surface area (Å²) in [6, 6.07) is 11.4. The molecular weight excluding hydrogens is 418 g/mol. The predicted octanol–water partition coefficient (Wildman–Crippen LogP) is 3.53. The van der Waals surface area contributed by atoms with Gasteiger partial charge in [0.2, 0.25) is 12.7 Å². The molecular formula is C25H27N5O3. The summed E-state index contributed by atoms with van der Waals surface area (Å²) in [6.45, 7) is 6.27. The van der Waals surface area contributed by atoms with Gasteiger partial charge >= 0.3 is 0 Å². The van der Waals surface area contributed by atoms with Crippen molar-refractivity contribution in [3.63, 3.8) is 0 Å². The Hall–Kier alpha value is -3.68. The van der Waals surface area contributed by atoms with Gasteiger partial charge in [0.1, 0.15) is 0 Å². The normalized spacial score (nSPS) is 15.5.